The smallest absolute Gasteiger partial charge is 0.254 e. The molecule has 2 aliphatic rings. The number of aryl methyl sites for hydroxylation is 1. The zero-order valence-electron chi connectivity index (χ0n) is 18.4. The van der Waals surface area contributed by atoms with E-state index < -0.39 is 0 Å². The van der Waals surface area contributed by atoms with Crippen molar-refractivity contribution in [2.24, 2.45) is 0 Å². The maximum Gasteiger partial charge on any atom is 0.254 e. The van der Waals surface area contributed by atoms with Crippen molar-refractivity contribution >= 4 is 38.3 Å². The van der Waals surface area contributed by atoms with Crippen molar-refractivity contribution in [3.8, 4) is 0 Å². The van der Waals surface area contributed by atoms with Gasteiger partial charge >= 0.3 is 0 Å². The van der Waals surface area contributed by atoms with Crippen LogP contribution in [-0.4, -0.2) is 55.1 Å². The van der Waals surface area contributed by atoms with Gasteiger partial charge in [-0.05, 0) is 68.5 Å². The monoisotopic (exact) mass is 434 g/mol. The first-order valence-corrected chi connectivity index (χ1v) is 12.2. The standard InChI is InChI=1S/C25H30N4OS/c1-18-7-6-8-22(19(18)2)27-13-15-28(16-14-27)24(30)20-9-10-21-23(17-20)31-25(26-21)29-11-4-3-5-12-29/h6-10,17H,3-5,11-16H2,1-2H3. The first kappa shape index (κ1) is 20.3. The predicted octanol–water partition coefficient (Wildman–Crippen LogP) is 4.87. The number of rotatable bonds is 3. The summed E-state index contributed by atoms with van der Waals surface area (Å²) in [6.07, 6.45) is 3.80. The zero-order chi connectivity index (χ0) is 21.4. The highest BCUT2D eigenvalue weighted by Crippen LogP contribution is 2.31. The lowest BCUT2D eigenvalue weighted by Gasteiger charge is -2.37. The van der Waals surface area contributed by atoms with Gasteiger partial charge in [-0.3, -0.25) is 4.79 Å². The molecule has 2 aliphatic heterocycles. The molecular weight excluding hydrogens is 404 g/mol. The van der Waals surface area contributed by atoms with Crippen molar-refractivity contribution in [3.05, 3.63) is 53.1 Å². The Morgan fingerprint density at radius 3 is 2.45 bits per heavy atom. The Kier molecular flexibility index (Phi) is 5.57. The van der Waals surface area contributed by atoms with Crippen molar-refractivity contribution in [2.75, 3.05) is 49.1 Å². The molecule has 2 aromatic carbocycles. The molecule has 0 atom stereocenters. The summed E-state index contributed by atoms with van der Waals surface area (Å²) in [7, 11) is 0. The molecule has 0 spiro atoms. The molecule has 31 heavy (non-hydrogen) atoms. The highest BCUT2D eigenvalue weighted by atomic mass is 32.1. The lowest BCUT2D eigenvalue weighted by molar-refractivity contribution is 0.0747. The zero-order valence-corrected chi connectivity index (χ0v) is 19.2. The summed E-state index contributed by atoms with van der Waals surface area (Å²) in [5, 5.41) is 1.10. The highest BCUT2D eigenvalue weighted by molar-refractivity contribution is 7.22. The largest absolute Gasteiger partial charge is 0.368 e. The first-order chi connectivity index (χ1) is 15.1. The molecule has 0 radical (unpaired) electrons. The summed E-state index contributed by atoms with van der Waals surface area (Å²) in [5.74, 6) is 0.135. The van der Waals surface area contributed by atoms with Crippen molar-refractivity contribution in [1.29, 1.82) is 0 Å². The van der Waals surface area contributed by atoms with E-state index in [2.05, 4.69) is 41.8 Å². The van der Waals surface area contributed by atoms with Crippen molar-refractivity contribution in [2.45, 2.75) is 33.1 Å². The average Bonchev–Trinajstić information content (AvgIpc) is 3.25. The molecule has 5 rings (SSSR count). The molecule has 1 amide bonds. The van der Waals surface area contributed by atoms with Gasteiger partial charge in [-0.2, -0.15) is 0 Å². The quantitative estimate of drug-likeness (QED) is 0.590. The van der Waals surface area contributed by atoms with Gasteiger partial charge in [0.15, 0.2) is 5.13 Å². The molecule has 1 aromatic heterocycles. The number of anilines is 2. The Bertz CT molecular complexity index is 1090. The average molecular weight is 435 g/mol. The van der Waals surface area contributed by atoms with Crippen LogP contribution < -0.4 is 9.80 Å². The molecule has 0 saturated carbocycles. The third kappa shape index (κ3) is 4.01. The van der Waals surface area contributed by atoms with Crippen molar-refractivity contribution in [3.63, 3.8) is 0 Å². The van der Waals surface area contributed by atoms with E-state index in [4.69, 9.17) is 4.98 Å². The second kappa shape index (κ2) is 8.50. The summed E-state index contributed by atoms with van der Waals surface area (Å²) < 4.78 is 1.11. The van der Waals surface area contributed by atoms with Crippen LogP contribution in [0.1, 0.15) is 40.7 Å². The van der Waals surface area contributed by atoms with E-state index in [-0.39, 0.29) is 5.91 Å². The van der Waals surface area contributed by atoms with Gasteiger partial charge in [0.05, 0.1) is 10.2 Å². The SMILES string of the molecule is Cc1cccc(N2CCN(C(=O)c3ccc4nc(N5CCCCC5)sc4c3)CC2)c1C. The number of hydrogen-bond donors (Lipinski definition) is 0. The number of amides is 1. The van der Waals surface area contributed by atoms with Crippen LogP contribution in [0.25, 0.3) is 10.2 Å². The summed E-state index contributed by atoms with van der Waals surface area (Å²) in [4.78, 5) is 24.8. The van der Waals surface area contributed by atoms with E-state index in [1.165, 1.54) is 36.1 Å². The van der Waals surface area contributed by atoms with Crippen LogP contribution in [0.5, 0.6) is 0 Å². The van der Waals surface area contributed by atoms with E-state index in [1.807, 2.05) is 23.1 Å². The molecule has 3 aromatic rings. The summed E-state index contributed by atoms with van der Waals surface area (Å²) >= 11 is 1.72. The summed E-state index contributed by atoms with van der Waals surface area (Å²) in [6, 6.07) is 12.5. The minimum atomic E-state index is 0.135. The van der Waals surface area contributed by atoms with Crippen LogP contribution in [0.4, 0.5) is 10.8 Å². The molecule has 162 valence electrons. The van der Waals surface area contributed by atoms with Crippen LogP contribution in [0.3, 0.4) is 0 Å². The van der Waals surface area contributed by atoms with Gasteiger partial charge in [0, 0.05) is 50.5 Å². The minimum Gasteiger partial charge on any atom is -0.368 e. The number of carbonyl (C=O) groups is 1. The molecule has 2 fully saturated rings. The number of nitrogens with zero attached hydrogens (tertiary/aromatic N) is 4. The molecule has 0 N–H and O–H groups in total. The Morgan fingerprint density at radius 2 is 1.68 bits per heavy atom. The first-order valence-electron chi connectivity index (χ1n) is 11.4. The van der Waals surface area contributed by atoms with E-state index in [0.717, 1.165) is 60.2 Å². The molecule has 6 heteroatoms. The van der Waals surface area contributed by atoms with Crippen LogP contribution in [0.15, 0.2) is 36.4 Å². The lowest BCUT2D eigenvalue weighted by Crippen LogP contribution is -2.49. The van der Waals surface area contributed by atoms with Crippen LogP contribution in [-0.2, 0) is 0 Å². The molecule has 0 aliphatic carbocycles. The lowest BCUT2D eigenvalue weighted by atomic mass is 10.1. The topological polar surface area (TPSA) is 39.7 Å². The number of piperidine rings is 1. The Balaban J connectivity index is 1.28. The fourth-order valence-electron chi connectivity index (χ4n) is 4.68. The molecule has 2 saturated heterocycles. The van der Waals surface area contributed by atoms with Crippen molar-refractivity contribution in [1.82, 2.24) is 9.88 Å². The number of fused-ring (bicyclic) bond motifs is 1. The minimum absolute atomic E-state index is 0.135. The fraction of sp³-hybridized carbons (Fsp3) is 0.440. The van der Waals surface area contributed by atoms with Gasteiger partial charge in [0.1, 0.15) is 0 Å². The Morgan fingerprint density at radius 1 is 0.903 bits per heavy atom. The molecule has 3 heterocycles. The maximum atomic E-state index is 13.2. The van der Waals surface area contributed by atoms with E-state index >= 15 is 0 Å². The second-order valence-electron chi connectivity index (χ2n) is 8.72. The van der Waals surface area contributed by atoms with Crippen LogP contribution in [0.2, 0.25) is 0 Å². The highest BCUT2D eigenvalue weighted by Gasteiger charge is 2.24. The number of thiazole rings is 1. The van der Waals surface area contributed by atoms with Gasteiger partial charge in [-0.1, -0.05) is 23.5 Å². The molecule has 5 nitrogen and oxygen atoms in total. The second-order valence-corrected chi connectivity index (χ2v) is 9.73. The number of carbonyl (C=O) groups excluding carboxylic acids is 1. The van der Waals surface area contributed by atoms with Gasteiger partial charge in [-0.25, -0.2) is 4.98 Å². The third-order valence-corrected chi connectivity index (χ3v) is 7.81. The third-order valence-electron chi connectivity index (χ3n) is 6.73. The van der Waals surface area contributed by atoms with E-state index in [1.54, 1.807) is 11.3 Å². The summed E-state index contributed by atoms with van der Waals surface area (Å²) in [5.41, 5.74) is 5.73. The van der Waals surface area contributed by atoms with Gasteiger partial charge in [-0.15, -0.1) is 0 Å². The predicted molar refractivity (Wildman–Crippen MR) is 130 cm³/mol. The number of aromatic nitrogens is 1. The fourth-order valence-corrected chi connectivity index (χ4v) is 5.73. The number of benzene rings is 2. The van der Waals surface area contributed by atoms with Crippen LogP contribution >= 0.6 is 11.3 Å². The Hall–Kier alpha value is -2.60. The molecule has 0 bridgehead atoms. The van der Waals surface area contributed by atoms with Crippen LogP contribution in [0, 0.1) is 13.8 Å². The molecular formula is C25H30N4OS. The van der Waals surface area contributed by atoms with Gasteiger partial charge < -0.3 is 14.7 Å². The summed E-state index contributed by atoms with van der Waals surface area (Å²) in [6.45, 7) is 9.79. The molecule has 0 unspecified atom stereocenters. The van der Waals surface area contributed by atoms with Gasteiger partial charge in [0.25, 0.3) is 5.91 Å². The van der Waals surface area contributed by atoms with Crippen molar-refractivity contribution < 1.29 is 4.79 Å². The number of hydrogen-bond acceptors (Lipinski definition) is 5. The van der Waals surface area contributed by atoms with E-state index in [9.17, 15) is 4.79 Å². The van der Waals surface area contributed by atoms with E-state index in [0.29, 0.717) is 0 Å². The maximum absolute atomic E-state index is 13.2. The Labute approximate surface area is 188 Å². The number of piperazine rings is 1. The van der Waals surface area contributed by atoms with Gasteiger partial charge in [0.2, 0.25) is 0 Å². The normalized spacial score (nSPS) is 17.4.